The van der Waals surface area contributed by atoms with Crippen molar-refractivity contribution in [3.63, 3.8) is 0 Å². The fourth-order valence-corrected chi connectivity index (χ4v) is 2.91. The lowest BCUT2D eigenvalue weighted by molar-refractivity contribution is -0.145. The minimum atomic E-state index is -0.377. The van der Waals surface area contributed by atoms with E-state index < -0.39 is 0 Å². The molecule has 0 aromatic heterocycles. The van der Waals surface area contributed by atoms with Crippen LogP contribution in [0.5, 0.6) is 0 Å². The average molecular weight is 361 g/mol. The van der Waals surface area contributed by atoms with Gasteiger partial charge in [-0.25, -0.2) is 0 Å². The number of carbonyl (C=O) groups is 1. The number of hydrogen-bond acceptors (Lipinski definition) is 3. The summed E-state index contributed by atoms with van der Waals surface area (Å²) < 4.78 is 5.66. The largest absolute Gasteiger partial charge is 0.366 e. The van der Waals surface area contributed by atoms with Gasteiger partial charge in [0.1, 0.15) is 6.10 Å². The van der Waals surface area contributed by atoms with Crippen molar-refractivity contribution < 1.29 is 9.53 Å². The Hall–Kier alpha value is -1.88. The Kier molecular flexibility index (Phi) is 7.92. The van der Waals surface area contributed by atoms with Gasteiger partial charge in [0.25, 0.3) is 5.91 Å². The van der Waals surface area contributed by atoms with Gasteiger partial charge in [0.05, 0.1) is 6.61 Å². The van der Waals surface area contributed by atoms with Crippen LogP contribution >= 0.6 is 12.4 Å². The first-order valence-corrected chi connectivity index (χ1v) is 8.52. The molecule has 1 N–H and O–H groups in total. The van der Waals surface area contributed by atoms with Gasteiger partial charge in [-0.1, -0.05) is 60.7 Å². The molecule has 25 heavy (non-hydrogen) atoms. The molecule has 0 bridgehead atoms. The summed E-state index contributed by atoms with van der Waals surface area (Å²) in [4.78, 5) is 14.8. The number of ether oxygens (including phenoxy) is 1. The van der Waals surface area contributed by atoms with Crippen LogP contribution in [0.4, 0.5) is 0 Å². The first-order chi connectivity index (χ1) is 11.8. The molecule has 0 radical (unpaired) electrons. The van der Waals surface area contributed by atoms with Crippen molar-refractivity contribution in [2.24, 2.45) is 0 Å². The molecule has 1 unspecified atom stereocenters. The van der Waals surface area contributed by atoms with E-state index in [1.165, 1.54) is 5.56 Å². The fourth-order valence-electron chi connectivity index (χ4n) is 2.91. The summed E-state index contributed by atoms with van der Waals surface area (Å²) in [5.41, 5.74) is 2.38. The number of morpholine rings is 1. The number of hydrogen-bond donors (Lipinski definition) is 1. The molecule has 1 atom stereocenters. The van der Waals surface area contributed by atoms with Crippen molar-refractivity contribution in [2.75, 3.05) is 26.2 Å². The molecular weight excluding hydrogens is 336 g/mol. The van der Waals surface area contributed by atoms with Crippen molar-refractivity contribution in [3.8, 4) is 0 Å². The van der Waals surface area contributed by atoms with Gasteiger partial charge < -0.3 is 15.0 Å². The van der Waals surface area contributed by atoms with E-state index in [1.807, 2.05) is 41.3 Å². The topological polar surface area (TPSA) is 41.6 Å². The molecule has 1 aliphatic rings. The van der Waals surface area contributed by atoms with Crippen LogP contribution in [0.15, 0.2) is 60.7 Å². The van der Waals surface area contributed by atoms with Crippen LogP contribution in [-0.4, -0.2) is 43.2 Å². The van der Waals surface area contributed by atoms with E-state index in [0.717, 1.165) is 18.5 Å². The highest BCUT2D eigenvalue weighted by Gasteiger charge is 2.26. The van der Waals surface area contributed by atoms with Crippen molar-refractivity contribution in [1.82, 2.24) is 10.2 Å². The van der Waals surface area contributed by atoms with E-state index in [4.69, 9.17) is 4.74 Å². The molecular formula is C20H25ClN2O2. The third-order valence-corrected chi connectivity index (χ3v) is 4.24. The summed E-state index contributed by atoms with van der Waals surface area (Å²) in [7, 11) is 0. The summed E-state index contributed by atoms with van der Waals surface area (Å²) in [5.74, 6) is 0.0713. The maximum atomic E-state index is 12.9. The van der Waals surface area contributed by atoms with Gasteiger partial charge in [0, 0.05) is 26.2 Å². The Bertz CT molecular complexity index is 631. The lowest BCUT2D eigenvalue weighted by Crippen LogP contribution is -2.49. The van der Waals surface area contributed by atoms with Crippen LogP contribution < -0.4 is 5.32 Å². The molecule has 1 amide bonds. The number of halogens is 1. The molecule has 134 valence electrons. The second-order valence-electron chi connectivity index (χ2n) is 6.04. The van der Waals surface area contributed by atoms with E-state index in [2.05, 4.69) is 29.6 Å². The zero-order valence-electron chi connectivity index (χ0n) is 14.3. The highest BCUT2D eigenvalue weighted by atomic mass is 35.5. The molecule has 5 heteroatoms. The molecule has 0 saturated carbocycles. The van der Waals surface area contributed by atoms with Gasteiger partial charge >= 0.3 is 0 Å². The Morgan fingerprint density at radius 3 is 2.28 bits per heavy atom. The third kappa shape index (κ3) is 5.85. The minimum Gasteiger partial charge on any atom is -0.366 e. The van der Waals surface area contributed by atoms with E-state index in [0.29, 0.717) is 26.2 Å². The second-order valence-corrected chi connectivity index (χ2v) is 6.04. The number of nitrogens with one attached hydrogen (secondary N) is 1. The first-order valence-electron chi connectivity index (χ1n) is 8.52. The summed E-state index contributed by atoms with van der Waals surface area (Å²) in [6.07, 6.45) is 0.470. The minimum absolute atomic E-state index is 0. The monoisotopic (exact) mass is 360 g/mol. The fraction of sp³-hybridized carbons (Fsp3) is 0.350. The van der Waals surface area contributed by atoms with Gasteiger partial charge in [-0.3, -0.25) is 4.79 Å². The number of rotatable bonds is 6. The van der Waals surface area contributed by atoms with Gasteiger partial charge in [0.2, 0.25) is 0 Å². The van der Waals surface area contributed by atoms with Crippen LogP contribution in [0.3, 0.4) is 0 Å². The number of benzene rings is 2. The lowest BCUT2D eigenvalue weighted by atomic mass is 10.1. The number of carbonyl (C=O) groups excluding carboxylic acids is 1. The van der Waals surface area contributed by atoms with Crippen LogP contribution in [0.2, 0.25) is 0 Å². The number of nitrogens with zero attached hydrogens (tertiary/aromatic N) is 1. The third-order valence-electron chi connectivity index (χ3n) is 4.24. The predicted octanol–water partition coefficient (Wildman–Crippen LogP) is 2.67. The van der Waals surface area contributed by atoms with Crippen LogP contribution in [0.1, 0.15) is 11.1 Å². The van der Waals surface area contributed by atoms with Crippen molar-refractivity contribution in [1.29, 1.82) is 0 Å². The first kappa shape index (κ1) is 19.4. The zero-order chi connectivity index (χ0) is 16.6. The lowest BCUT2D eigenvalue weighted by Gasteiger charge is -2.30. The zero-order valence-corrected chi connectivity index (χ0v) is 15.1. The van der Waals surface area contributed by atoms with Crippen LogP contribution in [0, 0.1) is 0 Å². The Labute approximate surface area is 155 Å². The molecule has 1 heterocycles. The van der Waals surface area contributed by atoms with Crippen molar-refractivity contribution in [2.45, 2.75) is 19.1 Å². The molecule has 2 aromatic carbocycles. The Morgan fingerprint density at radius 1 is 1.04 bits per heavy atom. The van der Waals surface area contributed by atoms with Gasteiger partial charge in [-0.05, 0) is 17.5 Å². The van der Waals surface area contributed by atoms with E-state index in [1.54, 1.807) is 0 Å². The number of amides is 1. The predicted molar refractivity (Wildman–Crippen MR) is 102 cm³/mol. The smallest absolute Gasteiger partial charge is 0.253 e. The summed E-state index contributed by atoms with van der Waals surface area (Å²) in [6, 6.07) is 20.4. The molecule has 4 nitrogen and oxygen atoms in total. The van der Waals surface area contributed by atoms with Gasteiger partial charge in [-0.2, -0.15) is 0 Å². The molecule has 0 aliphatic carbocycles. The summed E-state index contributed by atoms with van der Waals surface area (Å²) >= 11 is 0. The standard InChI is InChI=1S/C20H24N2O2.ClH/c23-20(19-15-21-12-14-24-19)22(16-18-9-5-2-6-10-18)13-11-17-7-3-1-4-8-17;/h1-10,19,21H,11-16H2;1H. The highest BCUT2D eigenvalue weighted by Crippen LogP contribution is 2.11. The van der Waals surface area contributed by atoms with E-state index in [9.17, 15) is 4.79 Å². The summed E-state index contributed by atoms with van der Waals surface area (Å²) in [5, 5.41) is 3.24. The Balaban J connectivity index is 0.00000225. The molecule has 2 aromatic rings. The van der Waals surface area contributed by atoms with Crippen molar-refractivity contribution in [3.05, 3.63) is 71.8 Å². The van der Waals surface area contributed by atoms with E-state index in [-0.39, 0.29) is 24.4 Å². The van der Waals surface area contributed by atoms with Gasteiger partial charge in [0.15, 0.2) is 0 Å². The van der Waals surface area contributed by atoms with E-state index >= 15 is 0 Å². The Morgan fingerprint density at radius 2 is 1.68 bits per heavy atom. The molecule has 0 spiro atoms. The normalized spacial score (nSPS) is 16.7. The average Bonchev–Trinajstić information content (AvgIpc) is 2.67. The highest BCUT2D eigenvalue weighted by molar-refractivity contribution is 5.85. The molecule has 3 rings (SSSR count). The molecule has 1 saturated heterocycles. The molecule has 1 fully saturated rings. The van der Waals surface area contributed by atoms with Crippen molar-refractivity contribution >= 4 is 18.3 Å². The van der Waals surface area contributed by atoms with Gasteiger partial charge in [-0.15, -0.1) is 12.4 Å². The molecule has 1 aliphatic heterocycles. The maximum absolute atomic E-state index is 12.9. The van der Waals surface area contributed by atoms with Crippen LogP contribution in [-0.2, 0) is 22.5 Å². The van der Waals surface area contributed by atoms with Crippen LogP contribution in [0.25, 0.3) is 0 Å². The SMILES string of the molecule is Cl.O=C(C1CNCCO1)N(CCc1ccccc1)Cc1ccccc1. The summed E-state index contributed by atoms with van der Waals surface area (Å²) in [6.45, 7) is 3.31. The maximum Gasteiger partial charge on any atom is 0.253 e. The second kappa shape index (κ2) is 10.2. The quantitative estimate of drug-likeness (QED) is 0.861.